The van der Waals surface area contributed by atoms with E-state index in [-0.39, 0.29) is 34.7 Å². The van der Waals surface area contributed by atoms with Gasteiger partial charge in [-0.2, -0.15) is 0 Å². The van der Waals surface area contributed by atoms with Crippen molar-refractivity contribution in [3.8, 4) is 0 Å². The second-order valence-corrected chi connectivity index (χ2v) is 8.46. The Balaban J connectivity index is 1.51. The number of hydrogen-bond acceptors (Lipinski definition) is 4. The van der Waals surface area contributed by atoms with Crippen LogP contribution < -0.4 is 21.7 Å². The predicted octanol–water partition coefficient (Wildman–Crippen LogP) is -0.0638. The average molecular weight is 308 g/mol. The molecular formula is C16H28N4O2. The third-order valence-electron chi connectivity index (χ3n) is 5.79. The van der Waals surface area contributed by atoms with Crippen LogP contribution in [-0.2, 0) is 9.59 Å². The van der Waals surface area contributed by atoms with Gasteiger partial charge in [0.15, 0.2) is 0 Å². The molecule has 3 fully saturated rings. The zero-order valence-corrected chi connectivity index (χ0v) is 13.9. The molecule has 124 valence electrons. The molecule has 6 nitrogen and oxygen atoms in total. The van der Waals surface area contributed by atoms with Gasteiger partial charge in [-0.05, 0) is 50.5 Å². The molecule has 2 amide bonds. The van der Waals surface area contributed by atoms with Gasteiger partial charge in [0, 0.05) is 11.5 Å². The molecule has 2 aliphatic heterocycles. The molecule has 0 unspecified atom stereocenters. The first-order chi connectivity index (χ1) is 10.1. The molecule has 0 aromatic carbocycles. The lowest BCUT2D eigenvalue weighted by Gasteiger charge is -2.22. The number of nitrogens with two attached hydrogens (primary N) is 1. The number of nitrogens with one attached hydrogen (secondary N) is 3. The van der Waals surface area contributed by atoms with Crippen molar-refractivity contribution in [1.82, 2.24) is 16.0 Å². The van der Waals surface area contributed by atoms with Crippen molar-refractivity contribution in [2.75, 3.05) is 6.54 Å². The molecule has 5 atom stereocenters. The van der Waals surface area contributed by atoms with E-state index in [1.807, 2.05) is 13.8 Å². The van der Waals surface area contributed by atoms with Gasteiger partial charge in [0.05, 0.1) is 12.2 Å². The molecule has 5 N–H and O–H groups in total. The summed E-state index contributed by atoms with van der Waals surface area (Å²) in [6.45, 7) is 9.35. The van der Waals surface area contributed by atoms with Gasteiger partial charge in [-0.15, -0.1) is 0 Å². The van der Waals surface area contributed by atoms with Crippen LogP contribution in [0.1, 0.15) is 40.5 Å². The lowest BCUT2D eigenvalue weighted by molar-refractivity contribution is -0.126. The number of rotatable bonds is 4. The van der Waals surface area contributed by atoms with Crippen molar-refractivity contribution in [3.05, 3.63) is 0 Å². The standard InChI is InChI=1S/C16H28N4O2/c1-15(2)6-8(13(21)20-15)5-10(17)19-14(22)12-11-9(7-18-12)16(11,3)4/h8-12,18H,5-7,17H2,1-4H3,(H,19,22)(H,20,21)/t8-,9+,10+,11+,12+/m1/s1. The van der Waals surface area contributed by atoms with Crippen LogP contribution in [0.15, 0.2) is 0 Å². The quantitative estimate of drug-likeness (QED) is 0.547. The Hall–Kier alpha value is -1.14. The van der Waals surface area contributed by atoms with Crippen LogP contribution in [0.4, 0.5) is 0 Å². The minimum Gasteiger partial charge on any atom is -0.351 e. The van der Waals surface area contributed by atoms with Gasteiger partial charge in [-0.25, -0.2) is 0 Å². The fraction of sp³-hybridized carbons (Fsp3) is 0.875. The molecule has 0 aromatic rings. The van der Waals surface area contributed by atoms with Crippen LogP contribution in [0, 0.1) is 23.2 Å². The molecule has 3 rings (SSSR count). The summed E-state index contributed by atoms with van der Waals surface area (Å²) in [7, 11) is 0. The van der Waals surface area contributed by atoms with Gasteiger partial charge in [0.2, 0.25) is 11.8 Å². The van der Waals surface area contributed by atoms with E-state index in [0.29, 0.717) is 18.3 Å². The van der Waals surface area contributed by atoms with Gasteiger partial charge in [0.25, 0.3) is 0 Å². The first-order valence-corrected chi connectivity index (χ1v) is 8.23. The van der Waals surface area contributed by atoms with Crippen molar-refractivity contribution in [1.29, 1.82) is 0 Å². The molecule has 2 saturated heterocycles. The van der Waals surface area contributed by atoms with E-state index in [0.717, 1.165) is 13.0 Å². The molecule has 22 heavy (non-hydrogen) atoms. The van der Waals surface area contributed by atoms with Crippen molar-refractivity contribution >= 4 is 11.8 Å². The third kappa shape index (κ3) is 2.63. The fourth-order valence-electron chi connectivity index (χ4n) is 4.50. The van der Waals surface area contributed by atoms with Crippen LogP contribution in [0.25, 0.3) is 0 Å². The summed E-state index contributed by atoms with van der Waals surface area (Å²) in [6, 6.07) is -0.139. The molecular weight excluding hydrogens is 280 g/mol. The van der Waals surface area contributed by atoms with Gasteiger partial charge in [-0.1, -0.05) is 13.8 Å². The van der Waals surface area contributed by atoms with Gasteiger partial charge < -0.3 is 21.7 Å². The second kappa shape index (κ2) is 4.93. The lowest BCUT2D eigenvalue weighted by atomic mass is 9.93. The summed E-state index contributed by atoms with van der Waals surface area (Å²) in [4.78, 5) is 24.3. The number of amides is 2. The number of fused-ring (bicyclic) bond motifs is 1. The maximum atomic E-state index is 12.4. The average Bonchev–Trinajstić information content (AvgIpc) is 2.74. The molecule has 2 heterocycles. The number of carbonyl (C=O) groups excluding carboxylic acids is 2. The molecule has 1 aliphatic carbocycles. The van der Waals surface area contributed by atoms with Crippen molar-refractivity contribution in [3.63, 3.8) is 0 Å². The molecule has 6 heteroatoms. The fourth-order valence-corrected chi connectivity index (χ4v) is 4.50. The zero-order valence-electron chi connectivity index (χ0n) is 13.9. The topological polar surface area (TPSA) is 96.2 Å². The Labute approximate surface area is 132 Å². The zero-order chi connectivity index (χ0) is 16.3. The molecule has 0 aromatic heterocycles. The van der Waals surface area contributed by atoms with Crippen molar-refractivity contribution in [2.45, 2.75) is 58.3 Å². The summed E-state index contributed by atoms with van der Waals surface area (Å²) in [6.07, 6.45) is 0.778. The lowest BCUT2D eigenvalue weighted by Crippen LogP contribution is -2.51. The van der Waals surface area contributed by atoms with Crippen LogP contribution in [0.3, 0.4) is 0 Å². The van der Waals surface area contributed by atoms with Crippen molar-refractivity contribution in [2.24, 2.45) is 28.9 Å². The number of carbonyl (C=O) groups is 2. The Bertz CT molecular complexity index is 502. The minimum atomic E-state index is -0.472. The first-order valence-electron chi connectivity index (χ1n) is 8.23. The van der Waals surface area contributed by atoms with E-state index < -0.39 is 6.17 Å². The van der Waals surface area contributed by atoms with Gasteiger partial charge in [0.1, 0.15) is 0 Å². The Morgan fingerprint density at radius 3 is 2.59 bits per heavy atom. The Kier molecular flexibility index (Phi) is 3.53. The SMILES string of the molecule is CC1(C)C[C@@H](C[C@@H](N)NC(=O)[C@H]2NC[C@H]3[C@@H]2C3(C)C)C(=O)N1. The van der Waals surface area contributed by atoms with E-state index in [1.54, 1.807) is 0 Å². The maximum Gasteiger partial charge on any atom is 0.238 e. The van der Waals surface area contributed by atoms with Crippen LogP contribution in [0.2, 0.25) is 0 Å². The van der Waals surface area contributed by atoms with E-state index >= 15 is 0 Å². The van der Waals surface area contributed by atoms with E-state index in [9.17, 15) is 9.59 Å². The van der Waals surface area contributed by atoms with E-state index in [4.69, 9.17) is 5.73 Å². The molecule has 1 saturated carbocycles. The van der Waals surface area contributed by atoms with Crippen molar-refractivity contribution < 1.29 is 9.59 Å². The van der Waals surface area contributed by atoms with Gasteiger partial charge >= 0.3 is 0 Å². The minimum absolute atomic E-state index is 0.0248. The summed E-state index contributed by atoms with van der Waals surface area (Å²) < 4.78 is 0. The molecule has 0 bridgehead atoms. The highest BCUT2D eigenvalue weighted by atomic mass is 16.2. The largest absolute Gasteiger partial charge is 0.351 e. The summed E-state index contributed by atoms with van der Waals surface area (Å²) in [5.74, 6) is 0.904. The van der Waals surface area contributed by atoms with E-state index in [2.05, 4.69) is 29.8 Å². The first kappa shape index (κ1) is 15.7. The van der Waals surface area contributed by atoms with Crippen LogP contribution >= 0.6 is 0 Å². The predicted molar refractivity (Wildman–Crippen MR) is 83.6 cm³/mol. The summed E-state index contributed by atoms with van der Waals surface area (Å²) >= 11 is 0. The highest BCUT2D eigenvalue weighted by Gasteiger charge is 2.65. The third-order valence-corrected chi connectivity index (χ3v) is 5.79. The van der Waals surface area contributed by atoms with Crippen LogP contribution in [-0.4, -0.2) is 36.1 Å². The van der Waals surface area contributed by atoms with Crippen LogP contribution in [0.5, 0.6) is 0 Å². The monoisotopic (exact) mass is 308 g/mol. The maximum absolute atomic E-state index is 12.4. The molecule has 0 spiro atoms. The van der Waals surface area contributed by atoms with E-state index in [1.165, 1.54) is 0 Å². The summed E-state index contributed by atoms with van der Waals surface area (Å²) in [5.41, 5.74) is 6.14. The highest BCUT2D eigenvalue weighted by molar-refractivity contribution is 5.84. The number of piperidine rings is 1. The normalized spacial score (nSPS) is 39.0. The summed E-state index contributed by atoms with van der Waals surface area (Å²) in [5, 5.41) is 9.14. The van der Waals surface area contributed by atoms with Gasteiger partial charge in [-0.3, -0.25) is 9.59 Å². The molecule has 0 radical (unpaired) electrons. The Morgan fingerprint density at radius 1 is 1.41 bits per heavy atom. The Morgan fingerprint density at radius 2 is 2.09 bits per heavy atom. The molecule has 3 aliphatic rings. The smallest absolute Gasteiger partial charge is 0.238 e. The second-order valence-electron chi connectivity index (χ2n) is 8.46. The highest BCUT2D eigenvalue weighted by Crippen LogP contribution is 2.62. The number of hydrogen-bond donors (Lipinski definition) is 4.